The van der Waals surface area contributed by atoms with E-state index in [4.69, 9.17) is 9.84 Å². The lowest BCUT2D eigenvalue weighted by molar-refractivity contribution is -0.251. The molecule has 0 amide bonds. The molecule has 1 atom stereocenters. The molecular weight excluding hydrogens is 318 g/mol. The van der Waals surface area contributed by atoms with Crippen molar-refractivity contribution < 1.29 is 19.7 Å². The summed E-state index contributed by atoms with van der Waals surface area (Å²) in [6, 6.07) is 15.0. The van der Waals surface area contributed by atoms with E-state index in [0.29, 0.717) is 12.8 Å². The van der Waals surface area contributed by atoms with Crippen LogP contribution in [0.15, 0.2) is 53.5 Å². The van der Waals surface area contributed by atoms with Crippen LogP contribution in [0, 0.1) is 0 Å². The molecule has 0 radical (unpaired) electrons. The first-order valence-corrected chi connectivity index (χ1v) is 8.40. The van der Waals surface area contributed by atoms with E-state index in [1.807, 2.05) is 43.3 Å². The predicted molar refractivity (Wildman–Crippen MR) is 93.4 cm³/mol. The summed E-state index contributed by atoms with van der Waals surface area (Å²) in [5.41, 5.74) is 4.51. The topological polar surface area (TPSA) is 82.0 Å². The third kappa shape index (κ3) is 3.50. The Balaban J connectivity index is 1.78. The van der Waals surface area contributed by atoms with Crippen molar-refractivity contribution in [2.24, 2.45) is 4.99 Å². The van der Waals surface area contributed by atoms with Crippen LogP contribution >= 0.6 is 0 Å². The Hall–Kier alpha value is -2.82. The third-order valence-corrected chi connectivity index (χ3v) is 4.44. The monoisotopic (exact) mass is 338 g/mol. The van der Waals surface area contributed by atoms with Crippen molar-refractivity contribution in [2.75, 3.05) is 6.61 Å². The van der Waals surface area contributed by atoms with Gasteiger partial charge < -0.3 is 14.9 Å². The molecule has 2 aromatic rings. The summed E-state index contributed by atoms with van der Waals surface area (Å²) in [5.74, 6) is -1.16. The fourth-order valence-corrected chi connectivity index (χ4v) is 3.28. The van der Waals surface area contributed by atoms with Crippen molar-refractivity contribution in [1.29, 1.82) is 0 Å². The van der Waals surface area contributed by atoms with Crippen molar-refractivity contribution in [2.45, 2.75) is 31.7 Å². The molecule has 5 nitrogen and oxygen atoms in total. The van der Waals surface area contributed by atoms with Gasteiger partial charge in [-0.1, -0.05) is 61.9 Å². The molecule has 0 aromatic heterocycles. The maximum absolute atomic E-state index is 12.0. The average Bonchev–Trinajstić information content (AvgIpc) is 2.93. The number of aliphatic imine (C=N–C) groups is 1. The van der Waals surface area contributed by atoms with Gasteiger partial charge in [-0.3, -0.25) is 4.99 Å². The van der Waals surface area contributed by atoms with Crippen LogP contribution in [-0.4, -0.2) is 29.8 Å². The zero-order valence-electron chi connectivity index (χ0n) is 14.0. The molecule has 130 valence electrons. The van der Waals surface area contributed by atoms with Gasteiger partial charge in [-0.25, -0.2) is 4.79 Å². The summed E-state index contributed by atoms with van der Waals surface area (Å²) in [5, 5.41) is 21.1. The van der Waals surface area contributed by atoms with Crippen LogP contribution in [0.3, 0.4) is 0 Å². The first-order valence-electron chi connectivity index (χ1n) is 8.40. The van der Waals surface area contributed by atoms with Crippen molar-refractivity contribution >= 4 is 12.1 Å². The largest absolute Gasteiger partial charge is 0.599 e. The normalized spacial score (nSPS) is 14.7. The Bertz CT molecular complexity index is 754. The van der Waals surface area contributed by atoms with Gasteiger partial charge in [0, 0.05) is 12.5 Å². The van der Waals surface area contributed by atoms with E-state index < -0.39 is 18.1 Å². The molecule has 1 aliphatic carbocycles. The number of carbonyl (C=O) groups is 1. The quantitative estimate of drug-likeness (QED) is 0.648. The number of hydrogen-bond acceptors (Lipinski definition) is 4. The Morgan fingerprint density at radius 3 is 2.24 bits per heavy atom. The molecule has 0 saturated carbocycles. The molecule has 0 aliphatic heterocycles. The van der Waals surface area contributed by atoms with Crippen molar-refractivity contribution in [1.82, 2.24) is 0 Å². The van der Waals surface area contributed by atoms with E-state index in [2.05, 4.69) is 17.1 Å². The highest BCUT2D eigenvalue weighted by atomic mass is 16.6. The lowest BCUT2D eigenvalue weighted by Gasteiger charge is -2.21. The number of ether oxygens (including phenoxy) is 1. The SMILES string of the molecule is CCCC(N=C([O-])OCC1c2ccccc2-c2ccccc21)C(=O)O. The fourth-order valence-electron chi connectivity index (χ4n) is 3.28. The van der Waals surface area contributed by atoms with Gasteiger partial charge in [0.1, 0.15) is 12.1 Å². The van der Waals surface area contributed by atoms with E-state index in [1.165, 1.54) is 0 Å². The van der Waals surface area contributed by atoms with Crippen LogP contribution in [0.1, 0.15) is 36.8 Å². The molecule has 2 aromatic carbocycles. The maximum atomic E-state index is 12.0. The Labute approximate surface area is 146 Å². The van der Waals surface area contributed by atoms with E-state index in [0.717, 1.165) is 22.3 Å². The summed E-state index contributed by atoms with van der Waals surface area (Å²) in [4.78, 5) is 14.8. The molecule has 25 heavy (non-hydrogen) atoms. The highest BCUT2D eigenvalue weighted by Crippen LogP contribution is 2.44. The highest BCUT2D eigenvalue weighted by Gasteiger charge is 2.26. The average molecular weight is 338 g/mol. The third-order valence-electron chi connectivity index (χ3n) is 4.44. The Morgan fingerprint density at radius 2 is 1.72 bits per heavy atom. The van der Waals surface area contributed by atoms with Crippen LogP contribution in [0.4, 0.5) is 0 Å². The summed E-state index contributed by atoms with van der Waals surface area (Å²) in [6.07, 6.45) is 0.138. The molecule has 5 heteroatoms. The second kappa shape index (κ2) is 7.38. The number of carboxylic acids is 1. The fraction of sp³-hybridized carbons (Fsp3) is 0.300. The molecule has 0 spiro atoms. The standard InChI is InChI=1S/C20H21NO4/c1-2-7-18(19(22)23)21-20(24)25-12-17-15-10-5-3-8-13(15)14-9-4-6-11-16(14)17/h3-6,8-11,17-18H,2,7,12H2,1H3,(H,21,24)(H,22,23)/p-1. The first-order chi connectivity index (χ1) is 12.1. The summed E-state index contributed by atoms with van der Waals surface area (Å²) >= 11 is 0. The molecule has 1 unspecified atom stereocenters. The molecule has 0 heterocycles. The first kappa shape index (κ1) is 17.0. The minimum atomic E-state index is -1.10. The van der Waals surface area contributed by atoms with Crippen molar-refractivity contribution in [3.8, 4) is 11.1 Å². The van der Waals surface area contributed by atoms with Crippen molar-refractivity contribution in [3.63, 3.8) is 0 Å². The lowest BCUT2D eigenvalue weighted by Crippen LogP contribution is -2.29. The zero-order valence-corrected chi connectivity index (χ0v) is 14.0. The number of nitrogens with zero attached hydrogens (tertiary/aromatic N) is 1. The maximum Gasteiger partial charge on any atom is 0.328 e. The van der Waals surface area contributed by atoms with Gasteiger partial charge in [-0.05, 0) is 28.7 Å². The Morgan fingerprint density at radius 1 is 1.16 bits per heavy atom. The van der Waals surface area contributed by atoms with Gasteiger partial charge in [0.25, 0.3) is 0 Å². The van der Waals surface area contributed by atoms with Gasteiger partial charge in [-0.15, -0.1) is 0 Å². The second-order valence-electron chi connectivity index (χ2n) is 6.08. The predicted octanol–water partition coefficient (Wildman–Crippen LogP) is 2.79. The second-order valence-corrected chi connectivity index (χ2v) is 6.08. The summed E-state index contributed by atoms with van der Waals surface area (Å²) < 4.78 is 5.30. The molecule has 0 bridgehead atoms. The van der Waals surface area contributed by atoms with Gasteiger partial charge in [0.15, 0.2) is 0 Å². The highest BCUT2D eigenvalue weighted by molar-refractivity contribution is 5.79. The lowest BCUT2D eigenvalue weighted by atomic mass is 9.98. The summed E-state index contributed by atoms with van der Waals surface area (Å²) in [6.45, 7) is 2.00. The molecular formula is C20H20NO4-. The van der Waals surface area contributed by atoms with Gasteiger partial charge in [-0.2, -0.15) is 0 Å². The van der Waals surface area contributed by atoms with Gasteiger partial charge in [0.2, 0.25) is 0 Å². The summed E-state index contributed by atoms with van der Waals surface area (Å²) in [7, 11) is 0. The van der Waals surface area contributed by atoms with Crippen LogP contribution in [-0.2, 0) is 9.53 Å². The number of benzene rings is 2. The van der Waals surface area contributed by atoms with E-state index in [1.54, 1.807) is 0 Å². The van der Waals surface area contributed by atoms with E-state index >= 15 is 0 Å². The molecule has 0 saturated heterocycles. The number of rotatable bonds is 6. The zero-order chi connectivity index (χ0) is 17.8. The number of aliphatic carboxylic acids is 1. The minimum Gasteiger partial charge on any atom is -0.599 e. The minimum absolute atomic E-state index is 0.0546. The van der Waals surface area contributed by atoms with Crippen LogP contribution in [0.5, 0.6) is 0 Å². The van der Waals surface area contributed by atoms with Crippen LogP contribution < -0.4 is 5.11 Å². The van der Waals surface area contributed by atoms with Crippen LogP contribution in [0.2, 0.25) is 0 Å². The van der Waals surface area contributed by atoms with E-state index in [-0.39, 0.29) is 12.5 Å². The smallest absolute Gasteiger partial charge is 0.328 e. The van der Waals surface area contributed by atoms with Gasteiger partial charge >= 0.3 is 5.97 Å². The van der Waals surface area contributed by atoms with E-state index in [9.17, 15) is 9.90 Å². The molecule has 3 rings (SSSR count). The van der Waals surface area contributed by atoms with Gasteiger partial charge in [0.05, 0.1) is 0 Å². The molecule has 1 aliphatic rings. The number of hydrogen-bond donors (Lipinski definition) is 1. The molecule has 1 N–H and O–H groups in total. The number of fused-ring (bicyclic) bond motifs is 3. The Kier molecular flexibility index (Phi) is 5.03. The van der Waals surface area contributed by atoms with Crippen LogP contribution in [0.25, 0.3) is 11.1 Å². The number of carboxylic acid groups (broad SMARTS) is 1. The van der Waals surface area contributed by atoms with Crippen molar-refractivity contribution in [3.05, 3.63) is 59.7 Å². The molecule has 0 fully saturated rings.